The number of nitrogens with zero attached hydrogens (tertiary/aromatic N) is 5. The van der Waals surface area contributed by atoms with Crippen LogP contribution in [-0.4, -0.2) is 45.9 Å². The Labute approximate surface area is 142 Å². The summed E-state index contributed by atoms with van der Waals surface area (Å²) in [6.45, 7) is 5.15. The highest BCUT2D eigenvalue weighted by molar-refractivity contribution is 5.74. The molecule has 0 radical (unpaired) electrons. The van der Waals surface area contributed by atoms with E-state index in [9.17, 15) is 4.79 Å². The number of hydrogen-bond donors (Lipinski definition) is 0. The average Bonchev–Trinajstić information content (AvgIpc) is 2.51. The third-order valence-electron chi connectivity index (χ3n) is 4.43. The molecule has 0 aromatic carbocycles. The van der Waals surface area contributed by atoms with Crippen LogP contribution in [0.3, 0.4) is 0 Å². The SMILES string of the molecule is CC(=O)N1CCC1c1cc(N(C)CCc2ccccn2)nc(C)n1. The lowest BCUT2D eigenvalue weighted by molar-refractivity contribution is -0.136. The van der Waals surface area contributed by atoms with E-state index in [-0.39, 0.29) is 11.9 Å². The summed E-state index contributed by atoms with van der Waals surface area (Å²) >= 11 is 0. The van der Waals surface area contributed by atoms with Crippen molar-refractivity contribution in [3.63, 3.8) is 0 Å². The molecule has 2 aromatic rings. The van der Waals surface area contributed by atoms with Crippen molar-refractivity contribution >= 4 is 11.7 Å². The van der Waals surface area contributed by atoms with Crippen molar-refractivity contribution in [3.8, 4) is 0 Å². The van der Waals surface area contributed by atoms with Crippen LogP contribution in [0.4, 0.5) is 5.82 Å². The molecule has 2 aromatic heterocycles. The fourth-order valence-corrected chi connectivity index (χ4v) is 2.96. The highest BCUT2D eigenvalue weighted by Gasteiger charge is 2.33. The molecule has 3 rings (SSSR count). The predicted molar refractivity (Wildman–Crippen MR) is 92.7 cm³/mol. The first-order valence-corrected chi connectivity index (χ1v) is 8.28. The van der Waals surface area contributed by atoms with Crippen molar-refractivity contribution in [2.45, 2.75) is 32.7 Å². The lowest BCUT2D eigenvalue weighted by Gasteiger charge is -2.40. The number of amides is 1. The number of likely N-dealkylation sites (tertiary alicyclic amines) is 1. The molecule has 1 aliphatic rings. The molecule has 3 heterocycles. The highest BCUT2D eigenvalue weighted by atomic mass is 16.2. The smallest absolute Gasteiger partial charge is 0.220 e. The zero-order chi connectivity index (χ0) is 17.1. The van der Waals surface area contributed by atoms with E-state index in [1.807, 2.05) is 49.3 Å². The molecule has 0 bridgehead atoms. The molecule has 24 heavy (non-hydrogen) atoms. The second-order valence-corrected chi connectivity index (χ2v) is 6.21. The van der Waals surface area contributed by atoms with E-state index in [4.69, 9.17) is 0 Å². The lowest BCUT2D eigenvalue weighted by atomic mass is 9.99. The number of pyridine rings is 1. The number of carbonyl (C=O) groups excluding carboxylic acids is 1. The van der Waals surface area contributed by atoms with Crippen molar-refractivity contribution in [3.05, 3.63) is 47.7 Å². The first-order valence-electron chi connectivity index (χ1n) is 8.28. The van der Waals surface area contributed by atoms with Crippen LogP contribution >= 0.6 is 0 Å². The number of carbonyl (C=O) groups is 1. The molecule has 1 saturated heterocycles. The third-order valence-corrected chi connectivity index (χ3v) is 4.43. The molecule has 0 aliphatic carbocycles. The van der Waals surface area contributed by atoms with Gasteiger partial charge in [0.1, 0.15) is 11.6 Å². The topological polar surface area (TPSA) is 62.2 Å². The van der Waals surface area contributed by atoms with E-state index in [2.05, 4.69) is 19.9 Å². The predicted octanol–water partition coefficient (Wildman–Crippen LogP) is 2.15. The van der Waals surface area contributed by atoms with Crippen LogP contribution in [0.1, 0.15) is 36.6 Å². The molecule has 6 heteroatoms. The number of likely N-dealkylation sites (N-methyl/N-ethyl adjacent to an activating group) is 1. The quantitative estimate of drug-likeness (QED) is 0.843. The van der Waals surface area contributed by atoms with Gasteiger partial charge in [0.25, 0.3) is 0 Å². The second-order valence-electron chi connectivity index (χ2n) is 6.21. The number of aromatic nitrogens is 3. The van der Waals surface area contributed by atoms with Crippen LogP contribution in [0, 0.1) is 6.92 Å². The second kappa shape index (κ2) is 6.95. The zero-order valence-electron chi connectivity index (χ0n) is 14.4. The summed E-state index contributed by atoms with van der Waals surface area (Å²) in [7, 11) is 2.03. The minimum atomic E-state index is 0.0899. The van der Waals surface area contributed by atoms with E-state index < -0.39 is 0 Å². The first-order chi connectivity index (χ1) is 11.5. The van der Waals surface area contributed by atoms with Gasteiger partial charge in [0.15, 0.2) is 0 Å². The molecule has 0 N–H and O–H groups in total. The molecule has 1 atom stereocenters. The summed E-state index contributed by atoms with van der Waals surface area (Å²) in [5.74, 6) is 1.74. The summed E-state index contributed by atoms with van der Waals surface area (Å²) in [5.41, 5.74) is 2.00. The fourth-order valence-electron chi connectivity index (χ4n) is 2.96. The van der Waals surface area contributed by atoms with Crippen molar-refractivity contribution in [1.82, 2.24) is 19.9 Å². The van der Waals surface area contributed by atoms with Crippen LogP contribution in [0.2, 0.25) is 0 Å². The van der Waals surface area contributed by atoms with Gasteiger partial charge in [0, 0.05) is 51.4 Å². The Hall–Kier alpha value is -2.50. The maximum atomic E-state index is 11.6. The number of anilines is 1. The Bertz CT molecular complexity index is 719. The summed E-state index contributed by atoms with van der Waals surface area (Å²) in [4.78, 5) is 29.1. The van der Waals surface area contributed by atoms with Crippen LogP contribution < -0.4 is 4.90 Å². The number of hydrogen-bond acceptors (Lipinski definition) is 5. The molecular weight excluding hydrogens is 302 g/mol. The Balaban J connectivity index is 1.72. The zero-order valence-corrected chi connectivity index (χ0v) is 14.4. The van der Waals surface area contributed by atoms with E-state index in [1.54, 1.807) is 6.92 Å². The molecule has 1 aliphatic heterocycles. The van der Waals surface area contributed by atoms with Gasteiger partial charge in [-0.25, -0.2) is 9.97 Å². The molecule has 0 saturated carbocycles. The first kappa shape index (κ1) is 16.4. The summed E-state index contributed by atoms with van der Waals surface area (Å²) < 4.78 is 0. The third kappa shape index (κ3) is 3.53. The Morgan fingerprint density at radius 3 is 2.83 bits per heavy atom. The van der Waals surface area contributed by atoms with Gasteiger partial charge in [-0.15, -0.1) is 0 Å². The standard InChI is InChI=1S/C18H23N5O/c1-13-20-16(17-8-11-23(17)14(2)24)12-18(21-13)22(3)10-7-15-6-4-5-9-19-15/h4-6,9,12,17H,7-8,10-11H2,1-3H3. The van der Waals surface area contributed by atoms with Crippen molar-refractivity contribution in [2.75, 3.05) is 25.0 Å². The average molecular weight is 325 g/mol. The van der Waals surface area contributed by atoms with E-state index >= 15 is 0 Å². The van der Waals surface area contributed by atoms with Gasteiger partial charge < -0.3 is 9.80 Å². The molecule has 6 nitrogen and oxygen atoms in total. The van der Waals surface area contributed by atoms with Gasteiger partial charge in [-0.1, -0.05) is 6.07 Å². The normalized spacial score (nSPS) is 16.6. The van der Waals surface area contributed by atoms with Gasteiger partial charge in [-0.3, -0.25) is 9.78 Å². The molecule has 1 amide bonds. The van der Waals surface area contributed by atoms with Gasteiger partial charge in [-0.2, -0.15) is 0 Å². The molecular formula is C18H23N5O. The van der Waals surface area contributed by atoms with Crippen LogP contribution in [0.5, 0.6) is 0 Å². The molecule has 126 valence electrons. The van der Waals surface area contributed by atoms with Gasteiger partial charge in [0.05, 0.1) is 11.7 Å². The van der Waals surface area contributed by atoms with Gasteiger partial charge in [0.2, 0.25) is 5.91 Å². The monoisotopic (exact) mass is 325 g/mol. The highest BCUT2D eigenvalue weighted by Crippen LogP contribution is 2.33. The minimum absolute atomic E-state index is 0.0899. The lowest BCUT2D eigenvalue weighted by Crippen LogP contribution is -2.44. The Morgan fingerprint density at radius 2 is 2.21 bits per heavy atom. The molecule has 1 fully saturated rings. The van der Waals surface area contributed by atoms with E-state index in [1.165, 1.54) is 0 Å². The van der Waals surface area contributed by atoms with Crippen LogP contribution in [0.25, 0.3) is 0 Å². The summed E-state index contributed by atoms with van der Waals surface area (Å²) in [6, 6.07) is 8.05. The van der Waals surface area contributed by atoms with E-state index in [0.29, 0.717) is 0 Å². The maximum absolute atomic E-state index is 11.6. The number of rotatable bonds is 5. The maximum Gasteiger partial charge on any atom is 0.220 e. The molecule has 0 spiro atoms. The molecule has 1 unspecified atom stereocenters. The fraction of sp³-hybridized carbons (Fsp3) is 0.444. The minimum Gasteiger partial charge on any atom is -0.359 e. The van der Waals surface area contributed by atoms with E-state index in [0.717, 1.165) is 49.0 Å². The number of aryl methyl sites for hydroxylation is 1. The van der Waals surface area contributed by atoms with Gasteiger partial charge in [-0.05, 0) is 25.5 Å². The van der Waals surface area contributed by atoms with Crippen LogP contribution in [-0.2, 0) is 11.2 Å². The van der Waals surface area contributed by atoms with Gasteiger partial charge >= 0.3 is 0 Å². The Morgan fingerprint density at radius 1 is 1.38 bits per heavy atom. The van der Waals surface area contributed by atoms with Crippen molar-refractivity contribution in [2.24, 2.45) is 0 Å². The largest absolute Gasteiger partial charge is 0.359 e. The summed E-state index contributed by atoms with van der Waals surface area (Å²) in [5, 5.41) is 0. The van der Waals surface area contributed by atoms with Crippen molar-refractivity contribution < 1.29 is 4.79 Å². The van der Waals surface area contributed by atoms with Crippen LogP contribution in [0.15, 0.2) is 30.5 Å². The summed E-state index contributed by atoms with van der Waals surface area (Å²) in [6.07, 6.45) is 3.64. The van der Waals surface area contributed by atoms with Crippen molar-refractivity contribution in [1.29, 1.82) is 0 Å². The Kier molecular flexibility index (Phi) is 4.74.